The van der Waals surface area contributed by atoms with Crippen molar-refractivity contribution in [3.05, 3.63) is 45.6 Å². The quantitative estimate of drug-likeness (QED) is 0.869. The van der Waals surface area contributed by atoms with E-state index in [4.69, 9.17) is 16.3 Å². The van der Waals surface area contributed by atoms with E-state index in [1.165, 1.54) is 9.78 Å². The molecule has 1 aromatic carbocycles. The van der Waals surface area contributed by atoms with Gasteiger partial charge in [0.05, 0.1) is 24.2 Å². The second kappa shape index (κ2) is 7.34. The fraction of sp³-hybridized carbons (Fsp3) is 0.353. The van der Waals surface area contributed by atoms with E-state index in [0.717, 1.165) is 19.4 Å². The average molecular weight is 352 g/mol. The minimum atomic E-state index is -0.0102. The first kappa shape index (κ1) is 16.3. The Hall–Kier alpha value is -1.56. The van der Waals surface area contributed by atoms with Gasteiger partial charge in [0, 0.05) is 17.9 Å². The van der Waals surface area contributed by atoms with Crippen molar-refractivity contribution in [3.8, 4) is 5.75 Å². The second-order valence-corrected chi connectivity index (χ2v) is 7.10. The number of thiophene rings is 1. The number of carbonyl (C=O) groups excluding carboxylic acids is 1. The van der Waals surface area contributed by atoms with Gasteiger partial charge in [0.1, 0.15) is 11.8 Å². The first-order valence-corrected chi connectivity index (χ1v) is 8.94. The lowest BCUT2D eigenvalue weighted by Crippen LogP contribution is -3.11. The van der Waals surface area contributed by atoms with Crippen molar-refractivity contribution in [1.29, 1.82) is 0 Å². The summed E-state index contributed by atoms with van der Waals surface area (Å²) in [4.78, 5) is 15.1. The number of anilines is 1. The summed E-state index contributed by atoms with van der Waals surface area (Å²) >= 11 is 7.78. The maximum atomic E-state index is 12.4. The van der Waals surface area contributed by atoms with Crippen LogP contribution in [0.2, 0.25) is 5.02 Å². The van der Waals surface area contributed by atoms with Gasteiger partial charge in [0.15, 0.2) is 6.54 Å². The molecule has 122 valence electrons. The maximum Gasteiger partial charge on any atom is 0.279 e. The molecule has 1 unspecified atom stereocenters. The zero-order valence-electron chi connectivity index (χ0n) is 13.0. The number of benzene rings is 1. The number of halogens is 1. The predicted molar refractivity (Wildman–Crippen MR) is 93.6 cm³/mol. The molecule has 23 heavy (non-hydrogen) atoms. The SMILES string of the molecule is COc1ccc(Cl)cc1NC(=O)C[NH+]1CCC[C@@H]1c1cccs1. The summed E-state index contributed by atoms with van der Waals surface area (Å²) in [6.45, 7) is 1.49. The molecule has 0 bridgehead atoms. The topological polar surface area (TPSA) is 42.8 Å². The van der Waals surface area contributed by atoms with Gasteiger partial charge in [-0.3, -0.25) is 4.79 Å². The highest BCUT2D eigenvalue weighted by atomic mass is 35.5. The molecule has 2 N–H and O–H groups in total. The predicted octanol–water partition coefficient (Wildman–Crippen LogP) is 2.77. The largest absolute Gasteiger partial charge is 0.495 e. The number of hydrogen-bond acceptors (Lipinski definition) is 3. The third kappa shape index (κ3) is 3.86. The van der Waals surface area contributed by atoms with Crippen molar-refractivity contribution in [2.45, 2.75) is 18.9 Å². The fourth-order valence-corrected chi connectivity index (χ4v) is 4.23. The molecular weight excluding hydrogens is 332 g/mol. The Labute approximate surface area is 145 Å². The summed E-state index contributed by atoms with van der Waals surface area (Å²) < 4.78 is 5.27. The molecule has 0 spiro atoms. The van der Waals surface area contributed by atoms with E-state index in [1.54, 1.807) is 36.6 Å². The molecule has 1 aliphatic rings. The third-order valence-electron chi connectivity index (χ3n) is 4.19. The van der Waals surface area contributed by atoms with Gasteiger partial charge < -0.3 is 15.0 Å². The smallest absolute Gasteiger partial charge is 0.279 e. The molecule has 0 saturated carbocycles. The zero-order chi connectivity index (χ0) is 16.2. The molecule has 1 aromatic heterocycles. The number of methoxy groups -OCH3 is 1. The molecule has 2 aromatic rings. The van der Waals surface area contributed by atoms with Crippen molar-refractivity contribution >= 4 is 34.5 Å². The van der Waals surface area contributed by atoms with Gasteiger partial charge in [-0.05, 0) is 29.6 Å². The molecular formula is C17H20ClN2O2S+. The molecule has 2 atom stereocenters. The van der Waals surface area contributed by atoms with E-state index in [-0.39, 0.29) is 5.91 Å². The van der Waals surface area contributed by atoms with Crippen LogP contribution in [0.1, 0.15) is 23.8 Å². The minimum Gasteiger partial charge on any atom is -0.495 e. The fourth-order valence-electron chi connectivity index (χ4n) is 3.13. The maximum absolute atomic E-state index is 12.4. The molecule has 0 aliphatic carbocycles. The standard InChI is InChI=1S/C17H19ClN2O2S/c1-22-15-7-6-12(18)10-13(15)19-17(21)11-20-8-2-4-14(20)16-5-3-9-23-16/h3,5-7,9-10,14H,2,4,8,11H2,1H3,(H,19,21)/p+1/t14-/m1/s1. The van der Waals surface area contributed by atoms with Crippen LogP contribution in [0.5, 0.6) is 5.75 Å². The Morgan fingerprint density at radius 3 is 3.09 bits per heavy atom. The van der Waals surface area contributed by atoms with Crippen LogP contribution in [-0.2, 0) is 4.79 Å². The number of carbonyl (C=O) groups is 1. The van der Waals surface area contributed by atoms with Gasteiger partial charge in [-0.1, -0.05) is 17.7 Å². The lowest BCUT2D eigenvalue weighted by atomic mass is 10.2. The van der Waals surface area contributed by atoms with Gasteiger partial charge in [-0.25, -0.2) is 0 Å². The van der Waals surface area contributed by atoms with E-state index >= 15 is 0 Å². The van der Waals surface area contributed by atoms with E-state index in [0.29, 0.717) is 29.0 Å². The molecule has 2 heterocycles. The number of likely N-dealkylation sites (tertiary alicyclic amines) is 1. The molecule has 1 amide bonds. The van der Waals surface area contributed by atoms with Crippen LogP contribution < -0.4 is 15.0 Å². The number of quaternary nitrogens is 1. The van der Waals surface area contributed by atoms with Gasteiger partial charge in [-0.15, -0.1) is 11.3 Å². The van der Waals surface area contributed by atoms with Crippen molar-refractivity contribution in [2.75, 3.05) is 25.5 Å². The highest BCUT2D eigenvalue weighted by Crippen LogP contribution is 2.27. The highest BCUT2D eigenvalue weighted by Gasteiger charge is 2.32. The lowest BCUT2D eigenvalue weighted by Gasteiger charge is -2.20. The highest BCUT2D eigenvalue weighted by molar-refractivity contribution is 7.10. The van der Waals surface area contributed by atoms with Crippen LogP contribution in [0.25, 0.3) is 0 Å². The van der Waals surface area contributed by atoms with Crippen molar-refractivity contribution < 1.29 is 14.4 Å². The Morgan fingerprint density at radius 2 is 2.35 bits per heavy atom. The van der Waals surface area contributed by atoms with Crippen LogP contribution in [0.3, 0.4) is 0 Å². The van der Waals surface area contributed by atoms with E-state index in [9.17, 15) is 4.79 Å². The molecule has 6 heteroatoms. The Morgan fingerprint density at radius 1 is 1.48 bits per heavy atom. The van der Waals surface area contributed by atoms with Gasteiger partial charge in [0.2, 0.25) is 0 Å². The summed E-state index contributed by atoms with van der Waals surface area (Å²) in [5.74, 6) is 0.609. The Kier molecular flexibility index (Phi) is 5.20. The van der Waals surface area contributed by atoms with Crippen LogP contribution in [0.4, 0.5) is 5.69 Å². The molecule has 1 fully saturated rings. The van der Waals surface area contributed by atoms with Crippen LogP contribution >= 0.6 is 22.9 Å². The second-order valence-electron chi connectivity index (χ2n) is 5.69. The summed E-state index contributed by atoms with van der Waals surface area (Å²) in [5, 5.41) is 5.60. The first-order valence-electron chi connectivity index (χ1n) is 7.68. The monoisotopic (exact) mass is 351 g/mol. The normalized spacial score (nSPS) is 20.4. The molecule has 0 radical (unpaired) electrons. The zero-order valence-corrected chi connectivity index (χ0v) is 14.5. The summed E-state index contributed by atoms with van der Waals surface area (Å²) in [5.41, 5.74) is 0.622. The summed E-state index contributed by atoms with van der Waals surface area (Å²) in [7, 11) is 1.58. The van der Waals surface area contributed by atoms with E-state index in [1.807, 2.05) is 0 Å². The number of ether oxygens (including phenoxy) is 1. The number of rotatable bonds is 5. The summed E-state index contributed by atoms with van der Waals surface area (Å²) in [6, 6.07) is 9.89. The van der Waals surface area contributed by atoms with Crippen molar-refractivity contribution in [3.63, 3.8) is 0 Å². The van der Waals surface area contributed by atoms with Crippen LogP contribution in [-0.4, -0.2) is 26.1 Å². The molecule has 1 saturated heterocycles. The Balaban J connectivity index is 1.66. The van der Waals surface area contributed by atoms with Crippen molar-refractivity contribution in [2.24, 2.45) is 0 Å². The van der Waals surface area contributed by atoms with Gasteiger partial charge in [-0.2, -0.15) is 0 Å². The summed E-state index contributed by atoms with van der Waals surface area (Å²) in [6.07, 6.45) is 2.30. The van der Waals surface area contributed by atoms with Gasteiger partial charge in [0.25, 0.3) is 5.91 Å². The van der Waals surface area contributed by atoms with E-state index < -0.39 is 0 Å². The average Bonchev–Trinajstić information content (AvgIpc) is 3.18. The van der Waals surface area contributed by atoms with Crippen LogP contribution in [0.15, 0.2) is 35.7 Å². The first-order chi connectivity index (χ1) is 11.2. The number of nitrogens with one attached hydrogen (secondary N) is 2. The van der Waals surface area contributed by atoms with Gasteiger partial charge >= 0.3 is 0 Å². The Bertz CT molecular complexity index is 675. The van der Waals surface area contributed by atoms with E-state index in [2.05, 4.69) is 22.8 Å². The third-order valence-corrected chi connectivity index (χ3v) is 5.41. The molecule has 3 rings (SSSR count). The molecule has 4 nitrogen and oxygen atoms in total. The van der Waals surface area contributed by atoms with Crippen LogP contribution in [0, 0.1) is 0 Å². The molecule has 1 aliphatic heterocycles. The lowest BCUT2D eigenvalue weighted by molar-refractivity contribution is -0.910. The number of amides is 1. The van der Waals surface area contributed by atoms with Crippen molar-refractivity contribution in [1.82, 2.24) is 0 Å². The minimum absolute atomic E-state index is 0.0102. The number of hydrogen-bond donors (Lipinski definition) is 2.